The fourth-order valence-electron chi connectivity index (χ4n) is 1.48. The predicted octanol–water partition coefficient (Wildman–Crippen LogP) is 0.839. The van der Waals surface area contributed by atoms with Gasteiger partial charge in [0.2, 0.25) is 5.91 Å². The SMILES string of the molecule is O=C(O)Cc1csc(CCNC(=O)C2CC2)n1. The summed E-state index contributed by atoms with van der Waals surface area (Å²) in [5, 5.41) is 14.1. The molecule has 0 unspecified atom stereocenters. The Morgan fingerprint density at radius 3 is 2.94 bits per heavy atom. The highest BCUT2D eigenvalue weighted by molar-refractivity contribution is 7.09. The molecule has 1 aliphatic carbocycles. The molecule has 0 atom stereocenters. The highest BCUT2D eigenvalue weighted by Gasteiger charge is 2.29. The van der Waals surface area contributed by atoms with E-state index in [1.807, 2.05) is 0 Å². The largest absolute Gasteiger partial charge is 0.481 e. The van der Waals surface area contributed by atoms with Gasteiger partial charge >= 0.3 is 5.97 Å². The molecule has 2 N–H and O–H groups in total. The summed E-state index contributed by atoms with van der Waals surface area (Å²) >= 11 is 1.44. The standard InChI is InChI=1S/C11H14N2O3S/c14-10(15)5-8-6-17-9(13-8)3-4-12-11(16)7-1-2-7/h6-7H,1-5H2,(H,12,16)(H,14,15). The molecule has 1 amide bonds. The summed E-state index contributed by atoms with van der Waals surface area (Å²) < 4.78 is 0. The number of rotatable bonds is 6. The Bertz CT molecular complexity index is 426. The minimum Gasteiger partial charge on any atom is -0.481 e. The molecule has 2 rings (SSSR count). The summed E-state index contributed by atoms with van der Waals surface area (Å²) in [7, 11) is 0. The highest BCUT2D eigenvalue weighted by Crippen LogP contribution is 2.28. The molecule has 5 nitrogen and oxygen atoms in total. The van der Waals surface area contributed by atoms with E-state index in [0.717, 1.165) is 17.8 Å². The van der Waals surface area contributed by atoms with E-state index >= 15 is 0 Å². The second-order valence-electron chi connectivity index (χ2n) is 4.12. The van der Waals surface area contributed by atoms with Crippen LogP contribution in [0.25, 0.3) is 0 Å². The van der Waals surface area contributed by atoms with Crippen LogP contribution >= 0.6 is 11.3 Å². The minimum atomic E-state index is -0.871. The van der Waals surface area contributed by atoms with Crippen LogP contribution in [0.4, 0.5) is 0 Å². The lowest BCUT2D eigenvalue weighted by atomic mass is 10.3. The number of aliphatic carboxylic acids is 1. The molecule has 1 heterocycles. The first-order valence-electron chi connectivity index (χ1n) is 5.58. The van der Waals surface area contributed by atoms with E-state index in [0.29, 0.717) is 18.7 Å². The van der Waals surface area contributed by atoms with E-state index in [9.17, 15) is 9.59 Å². The Morgan fingerprint density at radius 1 is 1.53 bits per heavy atom. The number of nitrogens with zero attached hydrogens (tertiary/aromatic N) is 1. The van der Waals surface area contributed by atoms with E-state index in [-0.39, 0.29) is 18.2 Å². The molecule has 17 heavy (non-hydrogen) atoms. The van der Waals surface area contributed by atoms with Gasteiger partial charge < -0.3 is 10.4 Å². The molecule has 0 bridgehead atoms. The first-order chi connectivity index (χ1) is 8.15. The van der Waals surface area contributed by atoms with Crippen LogP contribution in [0.3, 0.4) is 0 Å². The topological polar surface area (TPSA) is 79.3 Å². The van der Waals surface area contributed by atoms with E-state index in [1.54, 1.807) is 5.38 Å². The second kappa shape index (κ2) is 5.27. The van der Waals surface area contributed by atoms with Crippen molar-refractivity contribution in [1.29, 1.82) is 0 Å². The number of hydrogen-bond donors (Lipinski definition) is 2. The number of thiazole rings is 1. The van der Waals surface area contributed by atoms with Gasteiger partial charge in [0.15, 0.2) is 0 Å². The lowest BCUT2D eigenvalue weighted by Gasteiger charge is -2.01. The van der Waals surface area contributed by atoms with Crippen LogP contribution in [0.5, 0.6) is 0 Å². The van der Waals surface area contributed by atoms with Crippen LogP contribution in [0, 0.1) is 5.92 Å². The summed E-state index contributed by atoms with van der Waals surface area (Å²) in [5.74, 6) is -0.509. The van der Waals surface area contributed by atoms with Gasteiger partial charge in [-0.15, -0.1) is 11.3 Å². The summed E-state index contributed by atoms with van der Waals surface area (Å²) in [6.07, 6.45) is 2.64. The molecule has 0 aliphatic heterocycles. The molecule has 1 aromatic rings. The summed E-state index contributed by atoms with van der Waals surface area (Å²) in [4.78, 5) is 26.0. The Balaban J connectivity index is 1.72. The summed E-state index contributed by atoms with van der Waals surface area (Å²) in [6.45, 7) is 0.579. The van der Waals surface area contributed by atoms with Crippen molar-refractivity contribution in [3.05, 3.63) is 16.1 Å². The van der Waals surface area contributed by atoms with E-state index in [2.05, 4.69) is 10.3 Å². The Hall–Kier alpha value is -1.43. The minimum absolute atomic E-state index is 0.0368. The zero-order valence-corrected chi connectivity index (χ0v) is 10.1. The quantitative estimate of drug-likeness (QED) is 0.788. The zero-order valence-electron chi connectivity index (χ0n) is 9.31. The first kappa shape index (κ1) is 12.0. The fourth-order valence-corrected chi connectivity index (χ4v) is 2.28. The Morgan fingerprint density at radius 2 is 2.29 bits per heavy atom. The first-order valence-corrected chi connectivity index (χ1v) is 6.46. The van der Waals surface area contributed by atoms with Crippen LogP contribution in [0.2, 0.25) is 0 Å². The number of nitrogens with one attached hydrogen (secondary N) is 1. The van der Waals surface area contributed by atoms with Gasteiger partial charge in [-0.25, -0.2) is 4.98 Å². The van der Waals surface area contributed by atoms with Crippen molar-refractivity contribution < 1.29 is 14.7 Å². The average molecular weight is 254 g/mol. The lowest BCUT2D eigenvalue weighted by molar-refractivity contribution is -0.136. The molecule has 6 heteroatoms. The highest BCUT2D eigenvalue weighted by atomic mass is 32.1. The smallest absolute Gasteiger partial charge is 0.309 e. The number of aromatic nitrogens is 1. The lowest BCUT2D eigenvalue weighted by Crippen LogP contribution is -2.26. The average Bonchev–Trinajstić information content (AvgIpc) is 3.02. The number of hydrogen-bond acceptors (Lipinski definition) is 4. The Labute approximate surface area is 103 Å². The van der Waals surface area contributed by atoms with Crippen LogP contribution < -0.4 is 5.32 Å². The van der Waals surface area contributed by atoms with Gasteiger partial charge in [-0.3, -0.25) is 9.59 Å². The van der Waals surface area contributed by atoms with Crippen LogP contribution in [-0.4, -0.2) is 28.5 Å². The molecule has 1 fully saturated rings. The molecule has 0 radical (unpaired) electrons. The van der Waals surface area contributed by atoms with Gasteiger partial charge in [-0.1, -0.05) is 0 Å². The van der Waals surface area contributed by atoms with Gasteiger partial charge in [-0.2, -0.15) is 0 Å². The zero-order chi connectivity index (χ0) is 12.3. The summed E-state index contributed by atoms with van der Waals surface area (Å²) in [6, 6.07) is 0. The third-order valence-electron chi connectivity index (χ3n) is 2.52. The van der Waals surface area contributed by atoms with E-state index in [4.69, 9.17) is 5.11 Å². The van der Waals surface area contributed by atoms with Crippen molar-refractivity contribution in [3.63, 3.8) is 0 Å². The monoisotopic (exact) mass is 254 g/mol. The number of carbonyl (C=O) groups excluding carboxylic acids is 1. The summed E-state index contributed by atoms with van der Waals surface area (Å²) in [5.41, 5.74) is 0.589. The van der Waals surface area contributed by atoms with Gasteiger partial charge in [0, 0.05) is 24.3 Å². The van der Waals surface area contributed by atoms with Crippen LogP contribution in [-0.2, 0) is 22.4 Å². The van der Waals surface area contributed by atoms with Crippen molar-refractivity contribution in [2.45, 2.75) is 25.7 Å². The van der Waals surface area contributed by atoms with Gasteiger partial charge in [0.25, 0.3) is 0 Å². The maximum absolute atomic E-state index is 11.3. The molecule has 1 aliphatic rings. The Kier molecular flexibility index (Phi) is 3.73. The maximum atomic E-state index is 11.3. The number of carboxylic acid groups (broad SMARTS) is 1. The van der Waals surface area contributed by atoms with E-state index in [1.165, 1.54) is 11.3 Å². The molecular formula is C11H14N2O3S. The van der Waals surface area contributed by atoms with Gasteiger partial charge in [-0.05, 0) is 12.8 Å². The third kappa shape index (κ3) is 3.81. The molecule has 1 aromatic heterocycles. The van der Waals surface area contributed by atoms with Crippen molar-refractivity contribution in [3.8, 4) is 0 Å². The maximum Gasteiger partial charge on any atom is 0.309 e. The number of amides is 1. The normalized spacial score (nSPS) is 14.6. The third-order valence-corrected chi connectivity index (χ3v) is 3.48. The molecule has 0 spiro atoms. The number of carbonyl (C=O) groups is 2. The van der Waals surface area contributed by atoms with Crippen molar-refractivity contribution in [1.82, 2.24) is 10.3 Å². The second-order valence-corrected chi connectivity index (χ2v) is 5.06. The van der Waals surface area contributed by atoms with Crippen molar-refractivity contribution >= 4 is 23.2 Å². The van der Waals surface area contributed by atoms with Gasteiger partial charge in [0.1, 0.15) is 0 Å². The molecule has 0 aromatic carbocycles. The van der Waals surface area contributed by atoms with Crippen LogP contribution in [0.15, 0.2) is 5.38 Å². The molecular weight excluding hydrogens is 240 g/mol. The molecule has 0 saturated heterocycles. The van der Waals surface area contributed by atoms with E-state index < -0.39 is 5.97 Å². The number of carboxylic acids is 1. The van der Waals surface area contributed by atoms with Gasteiger partial charge in [0.05, 0.1) is 17.1 Å². The molecule has 92 valence electrons. The fraction of sp³-hybridized carbons (Fsp3) is 0.545. The molecule has 1 saturated carbocycles. The van der Waals surface area contributed by atoms with Crippen molar-refractivity contribution in [2.24, 2.45) is 5.92 Å². The van der Waals surface area contributed by atoms with Crippen molar-refractivity contribution in [2.75, 3.05) is 6.54 Å². The predicted molar refractivity (Wildman–Crippen MR) is 62.9 cm³/mol. The van der Waals surface area contributed by atoms with Crippen LogP contribution in [0.1, 0.15) is 23.5 Å².